The number of hydrogen-bond donors (Lipinski definition) is 2. The third kappa shape index (κ3) is 4.19. The van der Waals surface area contributed by atoms with E-state index in [1.54, 1.807) is 36.2 Å². The van der Waals surface area contributed by atoms with Gasteiger partial charge in [0.1, 0.15) is 11.6 Å². The maximum Gasteiger partial charge on any atom is 0.416 e. The van der Waals surface area contributed by atoms with E-state index in [4.69, 9.17) is 22.4 Å². The van der Waals surface area contributed by atoms with E-state index in [0.717, 1.165) is 23.0 Å². The maximum atomic E-state index is 14.3. The lowest BCUT2D eigenvalue weighted by Gasteiger charge is -2.22. The molecule has 33 heavy (non-hydrogen) atoms. The summed E-state index contributed by atoms with van der Waals surface area (Å²) in [5, 5.41) is 15.9. The fraction of sp³-hybridized carbons (Fsp3) is 0.0870. The fourth-order valence-electron chi connectivity index (χ4n) is 3.50. The van der Waals surface area contributed by atoms with Gasteiger partial charge in [0.2, 0.25) is 5.62 Å². The standard InChI is InChI=1S/C23H16ClF4N5/c1-32(21-17-10-19(25)18(24)11-20(17)33(12-29)22(30)31-21)16-4-2-3-14(9-16)13-5-7-15(8-6-13)23(26,27)28/h2-12,29-30H,1H3. The van der Waals surface area contributed by atoms with Gasteiger partial charge >= 0.3 is 6.18 Å². The summed E-state index contributed by atoms with van der Waals surface area (Å²) in [5.74, 6) is -0.415. The highest BCUT2D eigenvalue weighted by Gasteiger charge is 2.30. The summed E-state index contributed by atoms with van der Waals surface area (Å²) in [6, 6.07) is 14.4. The molecule has 0 unspecified atom stereocenters. The highest BCUT2D eigenvalue weighted by atomic mass is 35.5. The third-order valence-corrected chi connectivity index (χ3v) is 5.49. The molecule has 168 valence electrons. The smallest absolute Gasteiger partial charge is 0.329 e. The molecule has 0 aliphatic heterocycles. The molecule has 10 heteroatoms. The van der Waals surface area contributed by atoms with Crippen molar-refractivity contribution in [3.8, 4) is 11.1 Å². The Balaban J connectivity index is 1.81. The number of fused-ring (bicyclic) bond motifs is 1. The van der Waals surface area contributed by atoms with Crippen LogP contribution in [0.25, 0.3) is 22.0 Å². The minimum Gasteiger partial charge on any atom is -0.329 e. The second-order valence-electron chi connectivity index (χ2n) is 7.23. The number of benzene rings is 3. The fourth-order valence-corrected chi connectivity index (χ4v) is 3.66. The molecule has 0 spiro atoms. The molecule has 0 aliphatic rings. The number of halogens is 5. The number of nitrogens with zero attached hydrogens (tertiary/aromatic N) is 3. The molecule has 0 aliphatic carbocycles. The number of rotatable bonds is 4. The van der Waals surface area contributed by atoms with Gasteiger partial charge in [-0.1, -0.05) is 35.9 Å². The van der Waals surface area contributed by atoms with Crippen LogP contribution in [0.3, 0.4) is 0 Å². The van der Waals surface area contributed by atoms with Gasteiger partial charge in [0.05, 0.1) is 22.4 Å². The zero-order valence-corrected chi connectivity index (χ0v) is 17.8. The highest BCUT2D eigenvalue weighted by Crippen LogP contribution is 2.34. The van der Waals surface area contributed by atoms with E-state index in [9.17, 15) is 17.6 Å². The first kappa shape index (κ1) is 22.5. The molecule has 4 aromatic rings. The molecule has 0 radical (unpaired) electrons. The lowest BCUT2D eigenvalue weighted by molar-refractivity contribution is -0.137. The molecular weight excluding hydrogens is 458 g/mol. The van der Waals surface area contributed by atoms with Crippen molar-refractivity contribution in [1.82, 2.24) is 9.55 Å². The molecule has 1 aromatic heterocycles. The van der Waals surface area contributed by atoms with Crippen LogP contribution in [0.4, 0.5) is 29.1 Å². The van der Waals surface area contributed by atoms with Crippen molar-refractivity contribution in [2.45, 2.75) is 6.18 Å². The molecular formula is C23H16ClF4N5. The predicted octanol–water partition coefficient (Wildman–Crippen LogP) is 6.22. The first-order valence-electron chi connectivity index (χ1n) is 9.58. The Hall–Kier alpha value is -3.72. The number of hydrogen-bond acceptors (Lipinski definition) is 4. The molecule has 0 bridgehead atoms. The molecule has 0 saturated carbocycles. The van der Waals surface area contributed by atoms with Gasteiger partial charge in [-0.25, -0.2) is 4.39 Å². The van der Waals surface area contributed by atoms with Crippen LogP contribution in [0.15, 0.2) is 60.7 Å². The molecule has 1 heterocycles. The van der Waals surface area contributed by atoms with Gasteiger partial charge in [0.25, 0.3) is 0 Å². The molecule has 0 atom stereocenters. The van der Waals surface area contributed by atoms with Crippen LogP contribution in [0, 0.1) is 16.6 Å². The number of alkyl halides is 3. The van der Waals surface area contributed by atoms with Gasteiger partial charge in [-0.15, -0.1) is 0 Å². The van der Waals surface area contributed by atoms with E-state index in [-0.39, 0.29) is 16.5 Å². The molecule has 0 saturated heterocycles. The summed E-state index contributed by atoms with van der Waals surface area (Å²) < 4.78 is 54.0. The summed E-state index contributed by atoms with van der Waals surface area (Å²) in [5.41, 5.74) is 1.22. The molecule has 3 aromatic carbocycles. The van der Waals surface area contributed by atoms with E-state index < -0.39 is 17.6 Å². The van der Waals surface area contributed by atoms with Gasteiger partial charge < -0.3 is 4.90 Å². The first-order valence-corrected chi connectivity index (χ1v) is 9.96. The average Bonchev–Trinajstić information content (AvgIpc) is 2.79. The van der Waals surface area contributed by atoms with Crippen molar-refractivity contribution in [1.29, 1.82) is 10.8 Å². The van der Waals surface area contributed by atoms with Crippen molar-refractivity contribution >= 4 is 40.3 Å². The highest BCUT2D eigenvalue weighted by molar-refractivity contribution is 6.31. The Kier molecular flexibility index (Phi) is 5.67. The second kappa shape index (κ2) is 8.32. The summed E-state index contributed by atoms with van der Waals surface area (Å²) in [6.45, 7) is 0. The molecule has 5 nitrogen and oxygen atoms in total. The maximum absolute atomic E-state index is 14.3. The summed E-state index contributed by atoms with van der Waals surface area (Å²) in [4.78, 5) is 5.86. The van der Waals surface area contributed by atoms with Crippen LogP contribution >= 0.6 is 11.6 Å². The van der Waals surface area contributed by atoms with E-state index in [2.05, 4.69) is 4.98 Å². The average molecular weight is 474 g/mol. The van der Waals surface area contributed by atoms with Crippen LogP contribution in [-0.4, -0.2) is 22.9 Å². The SMILES string of the molecule is CN(c1cccc(-c2ccc(C(F)(F)F)cc2)c1)c1nc(=N)n(C=N)c2cc(Cl)c(F)cc12. The van der Waals surface area contributed by atoms with Crippen LogP contribution < -0.4 is 10.5 Å². The largest absolute Gasteiger partial charge is 0.416 e. The van der Waals surface area contributed by atoms with Crippen molar-refractivity contribution in [2.75, 3.05) is 11.9 Å². The van der Waals surface area contributed by atoms with E-state index in [1.807, 2.05) is 0 Å². The second-order valence-corrected chi connectivity index (χ2v) is 7.63. The molecule has 2 N–H and O–H groups in total. The lowest BCUT2D eigenvalue weighted by atomic mass is 10.0. The Morgan fingerprint density at radius 2 is 1.73 bits per heavy atom. The van der Waals surface area contributed by atoms with E-state index in [0.29, 0.717) is 27.7 Å². The van der Waals surface area contributed by atoms with Crippen LogP contribution in [0.1, 0.15) is 5.56 Å². The van der Waals surface area contributed by atoms with Gasteiger partial charge in [0.15, 0.2) is 0 Å². The van der Waals surface area contributed by atoms with Gasteiger partial charge in [-0.05, 0) is 47.5 Å². The van der Waals surface area contributed by atoms with E-state index in [1.165, 1.54) is 24.3 Å². The Morgan fingerprint density at radius 1 is 1.03 bits per heavy atom. The summed E-state index contributed by atoms with van der Waals surface area (Å²) in [6.07, 6.45) is -3.53. The van der Waals surface area contributed by atoms with Crippen molar-refractivity contribution < 1.29 is 17.6 Å². The summed E-state index contributed by atoms with van der Waals surface area (Å²) in [7, 11) is 1.67. The molecule has 0 fully saturated rings. The third-order valence-electron chi connectivity index (χ3n) is 5.20. The van der Waals surface area contributed by atoms with Crippen molar-refractivity contribution in [2.24, 2.45) is 0 Å². The molecule has 0 amide bonds. The molecule has 4 rings (SSSR count). The monoisotopic (exact) mass is 473 g/mol. The number of aromatic nitrogens is 2. The Labute approximate surface area is 190 Å². The Morgan fingerprint density at radius 3 is 2.36 bits per heavy atom. The van der Waals surface area contributed by atoms with Gasteiger partial charge in [-0.3, -0.25) is 15.4 Å². The van der Waals surface area contributed by atoms with Crippen molar-refractivity contribution in [3.05, 3.63) is 82.7 Å². The number of nitrogens with one attached hydrogen (secondary N) is 2. The Bertz CT molecular complexity index is 1430. The first-order chi connectivity index (χ1) is 15.6. The number of anilines is 2. The van der Waals surface area contributed by atoms with Crippen molar-refractivity contribution in [3.63, 3.8) is 0 Å². The quantitative estimate of drug-likeness (QED) is 0.210. The zero-order valence-electron chi connectivity index (χ0n) is 17.1. The minimum absolute atomic E-state index is 0.151. The van der Waals surface area contributed by atoms with Crippen LogP contribution in [-0.2, 0) is 6.18 Å². The van der Waals surface area contributed by atoms with E-state index >= 15 is 0 Å². The van der Waals surface area contributed by atoms with Crippen LogP contribution in [0.5, 0.6) is 0 Å². The van der Waals surface area contributed by atoms with Gasteiger partial charge in [0, 0.05) is 18.1 Å². The topological polar surface area (TPSA) is 68.8 Å². The van der Waals surface area contributed by atoms with Gasteiger partial charge in [-0.2, -0.15) is 18.2 Å². The predicted molar refractivity (Wildman–Crippen MR) is 120 cm³/mol. The summed E-state index contributed by atoms with van der Waals surface area (Å²) >= 11 is 5.92. The minimum atomic E-state index is -4.42. The van der Waals surface area contributed by atoms with Crippen LogP contribution in [0.2, 0.25) is 5.02 Å². The lowest BCUT2D eigenvalue weighted by Crippen LogP contribution is -2.26. The normalized spacial score (nSPS) is 11.6. The zero-order chi connectivity index (χ0) is 23.9.